The normalized spacial score (nSPS) is 54.9. The Bertz CT molecular complexity index is 2440. The van der Waals surface area contributed by atoms with Crippen molar-refractivity contribution in [1.29, 1.82) is 0 Å². The fourth-order valence-corrected chi connectivity index (χ4v) is 18.0. The predicted molar refractivity (Wildman–Crippen MR) is 294 cm³/mol. The first kappa shape index (κ1) is 68.1. The van der Waals surface area contributed by atoms with Gasteiger partial charge in [-0.1, -0.05) is 60.1 Å². The molecule has 0 bridgehead atoms. The largest absolute Gasteiger partial charge is 0.479 e. The van der Waals surface area contributed by atoms with Crippen molar-refractivity contribution in [2.24, 2.45) is 50.2 Å². The van der Waals surface area contributed by atoms with Gasteiger partial charge in [-0.15, -0.1) is 0 Å². The number of aliphatic hydroxyl groups excluding tert-OH is 15. The second-order valence-electron chi connectivity index (χ2n) is 29.2. The first-order chi connectivity index (χ1) is 40.7. The Morgan fingerprint density at radius 2 is 1.02 bits per heavy atom. The van der Waals surface area contributed by atoms with Crippen LogP contribution in [0, 0.1) is 50.2 Å². The number of ether oxygens (including phenoxy) is 10. The van der Waals surface area contributed by atoms with E-state index in [-0.39, 0.29) is 40.6 Å². The molecule has 10 rings (SSSR count). The number of carboxylic acid groups (broad SMARTS) is 1. The lowest BCUT2D eigenvalue weighted by Gasteiger charge is -2.72. The van der Waals surface area contributed by atoms with E-state index in [1.807, 2.05) is 0 Å². The smallest absolute Gasteiger partial charge is 0.335 e. The SMILES string of the molecule is CC1OC(OC2C(OC3C(OC4C(O)C(C(=O)O)OC(OC5CCC6(C)C(CCC7(C)C6CC=C6C8CC(C)(C)CCC8(CO)C(O)CC67C)C5(C)C)C4OC4OC(CO)C(O)C(O)C4O)OC(CO)C(O)C3O)OC(C)C(O)C2O)C(O)C(O)C1O. The van der Waals surface area contributed by atoms with Gasteiger partial charge in [-0.2, -0.15) is 0 Å². The Labute approximate surface area is 506 Å². The van der Waals surface area contributed by atoms with E-state index < -0.39 is 201 Å². The Morgan fingerprint density at radius 1 is 0.517 bits per heavy atom. The minimum Gasteiger partial charge on any atom is -0.479 e. The molecule has 27 nitrogen and oxygen atoms in total. The summed E-state index contributed by atoms with van der Waals surface area (Å²) in [6.07, 6.45) is -39.9. The van der Waals surface area contributed by atoms with Gasteiger partial charge in [0.25, 0.3) is 0 Å². The summed E-state index contributed by atoms with van der Waals surface area (Å²) in [5.74, 6) is -1.65. The van der Waals surface area contributed by atoms with E-state index in [9.17, 15) is 86.5 Å². The van der Waals surface area contributed by atoms with E-state index >= 15 is 0 Å². The standard InChI is InChI=1S/C60H98O27/c1-23-33(65)37(69)41(73)50(78-23)85-46-39(71)34(66)24(2)79-52(46)86-47-40(72)36(68)28(21-62)81-53(47)83-44-43(75)45(49(76)77)84-54(48(44)87-51-42(74)38(70)35(67)27(20-61)80-51)82-32-13-14-57(7)29(56(32,5)6)12-15-58(8)30(57)11-10-25-26-18-55(3,4)16-17-60(26,22-63)31(64)19-59(25,58)9/h10,23-24,26-48,50-54,61-75H,11-22H2,1-9H3,(H,76,77). The molecule has 0 aromatic rings. The summed E-state index contributed by atoms with van der Waals surface area (Å²) in [6.45, 7) is 16.4. The second-order valence-corrected chi connectivity index (χ2v) is 29.2. The molecule has 5 aliphatic carbocycles. The fourth-order valence-electron chi connectivity index (χ4n) is 18.0. The van der Waals surface area contributed by atoms with Crippen LogP contribution in [-0.2, 0) is 52.2 Å². The first-order valence-electron chi connectivity index (χ1n) is 31.1. The average Bonchev–Trinajstić information content (AvgIpc) is 0.689. The van der Waals surface area contributed by atoms with Crippen LogP contribution in [0.3, 0.4) is 0 Å². The average molecular weight is 1250 g/mol. The molecule has 0 amide bonds. The molecule has 500 valence electrons. The van der Waals surface area contributed by atoms with Gasteiger partial charge in [-0.3, -0.25) is 0 Å². The molecule has 34 atom stereocenters. The molecule has 0 aromatic carbocycles. The number of aliphatic hydroxyl groups is 15. The van der Waals surface area contributed by atoms with Crippen LogP contribution in [0.15, 0.2) is 11.6 Å². The summed E-state index contributed by atoms with van der Waals surface area (Å²) >= 11 is 0. The number of hydrogen-bond donors (Lipinski definition) is 16. The maximum absolute atomic E-state index is 13.3. The van der Waals surface area contributed by atoms with Gasteiger partial charge < -0.3 is 129 Å². The van der Waals surface area contributed by atoms with Crippen molar-refractivity contribution in [2.75, 3.05) is 19.8 Å². The number of hydrogen-bond acceptors (Lipinski definition) is 26. The van der Waals surface area contributed by atoms with Crippen molar-refractivity contribution in [3.63, 3.8) is 0 Å². The molecule has 4 saturated carbocycles. The van der Waals surface area contributed by atoms with Crippen LogP contribution < -0.4 is 0 Å². The highest BCUT2D eigenvalue weighted by Crippen LogP contribution is 2.76. The Kier molecular flexibility index (Phi) is 19.4. The molecule has 0 spiro atoms. The molecule has 5 aliphatic heterocycles. The summed E-state index contributed by atoms with van der Waals surface area (Å²) in [5.41, 5.74) is -1.02. The van der Waals surface area contributed by atoms with Crippen LogP contribution in [0.5, 0.6) is 0 Å². The number of allylic oxidation sites excluding steroid dienone is 2. The van der Waals surface area contributed by atoms with Crippen molar-refractivity contribution < 1.29 is 134 Å². The van der Waals surface area contributed by atoms with Gasteiger partial charge in [0.15, 0.2) is 37.6 Å². The quantitative estimate of drug-likeness (QED) is 0.0625. The van der Waals surface area contributed by atoms with Gasteiger partial charge in [0, 0.05) is 5.41 Å². The van der Waals surface area contributed by atoms with Gasteiger partial charge >= 0.3 is 5.97 Å². The topological polar surface area (TPSA) is 433 Å². The second kappa shape index (κ2) is 24.8. The van der Waals surface area contributed by atoms with Crippen molar-refractivity contribution in [2.45, 2.75) is 286 Å². The van der Waals surface area contributed by atoms with E-state index in [1.54, 1.807) is 0 Å². The molecule has 0 aromatic heterocycles. The van der Waals surface area contributed by atoms with Crippen LogP contribution in [0.1, 0.15) is 120 Å². The Morgan fingerprint density at radius 3 is 1.63 bits per heavy atom. The van der Waals surface area contributed by atoms with Gasteiger partial charge in [0.1, 0.15) is 104 Å². The van der Waals surface area contributed by atoms with E-state index in [1.165, 1.54) is 19.4 Å². The zero-order chi connectivity index (χ0) is 63.7. The first-order valence-corrected chi connectivity index (χ1v) is 31.1. The summed E-state index contributed by atoms with van der Waals surface area (Å²) in [4.78, 5) is 13.3. The van der Waals surface area contributed by atoms with Crippen molar-refractivity contribution in [1.82, 2.24) is 0 Å². The van der Waals surface area contributed by atoms with Crippen LogP contribution >= 0.6 is 0 Å². The number of carbonyl (C=O) groups is 1. The van der Waals surface area contributed by atoms with E-state index in [2.05, 4.69) is 54.5 Å². The molecule has 5 heterocycles. The van der Waals surface area contributed by atoms with Gasteiger partial charge in [0.2, 0.25) is 0 Å². The van der Waals surface area contributed by atoms with Crippen molar-refractivity contribution in [3.8, 4) is 0 Å². The predicted octanol–water partition coefficient (Wildman–Crippen LogP) is -2.62. The third-order valence-corrected chi connectivity index (χ3v) is 23.6. The molecular formula is C60H98O27. The Hall–Kier alpha value is -1.79. The molecule has 16 N–H and O–H groups in total. The highest BCUT2D eigenvalue weighted by atomic mass is 16.8. The van der Waals surface area contributed by atoms with Crippen LogP contribution in [0.4, 0.5) is 0 Å². The van der Waals surface area contributed by atoms with Gasteiger partial charge in [-0.25, -0.2) is 4.79 Å². The number of rotatable bonds is 14. The molecular weight excluding hydrogens is 1150 g/mol. The summed E-state index contributed by atoms with van der Waals surface area (Å²) < 4.78 is 61.7. The van der Waals surface area contributed by atoms with E-state index in [0.717, 1.165) is 38.5 Å². The maximum Gasteiger partial charge on any atom is 0.335 e. The summed E-state index contributed by atoms with van der Waals surface area (Å²) in [5, 5.41) is 178. The minimum absolute atomic E-state index is 0.00953. The molecule has 9 fully saturated rings. The fraction of sp³-hybridized carbons (Fsp3) is 0.950. The highest BCUT2D eigenvalue weighted by Gasteiger charge is 2.71. The molecule has 10 aliphatic rings. The molecule has 5 saturated heterocycles. The van der Waals surface area contributed by atoms with E-state index in [4.69, 9.17) is 47.4 Å². The van der Waals surface area contributed by atoms with Gasteiger partial charge in [-0.05, 0) is 116 Å². The van der Waals surface area contributed by atoms with Crippen molar-refractivity contribution in [3.05, 3.63) is 11.6 Å². The van der Waals surface area contributed by atoms with Crippen LogP contribution in [-0.4, -0.2) is 273 Å². The minimum atomic E-state index is -2.31. The summed E-state index contributed by atoms with van der Waals surface area (Å²) in [6, 6.07) is 0. The number of carboxylic acids is 1. The van der Waals surface area contributed by atoms with E-state index in [0.29, 0.717) is 19.3 Å². The summed E-state index contributed by atoms with van der Waals surface area (Å²) in [7, 11) is 0. The lowest BCUT2D eigenvalue weighted by Crippen LogP contribution is -2.69. The molecule has 0 radical (unpaired) electrons. The lowest BCUT2D eigenvalue weighted by atomic mass is 9.33. The third-order valence-electron chi connectivity index (χ3n) is 23.6. The third kappa shape index (κ3) is 11.3. The molecule has 27 heteroatoms. The Balaban J connectivity index is 0.977. The molecule has 34 unspecified atom stereocenters. The highest BCUT2D eigenvalue weighted by molar-refractivity contribution is 5.73. The van der Waals surface area contributed by atoms with Crippen LogP contribution in [0.2, 0.25) is 0 Å². The van der Waals surface area contributed by atoms with Gasteiger partial charge in [0.05, 0.1) is 44.2 Å². The molecule has 87 heavy (non-hydrogen) atoms. The lowest BCUT2D eigenvalue weighted by molar-refractivity contribution is -0.412. The maximum atomic E-state index is 13.3. The number of fused-ring (bicyclic) bond motifs is 7. The number of aliphatic carboxylic acids is 1. The zero-order valence-electron chi connectivity index (χ0n) is 51.0. The monoisotopic (exact) mass is 1250 g/mol. The van der Waals surface area contributed by atoms with Crippen molar-refractivity contribution >= 4 is 5.97 Å². The van der Waals surface area contributed by atoms with Crippen LogP contribution in [0.25, 0.3) is 0 Å². The zero-order valence-corrected chi connectivity index (χ0v) is 51.0.